The van der Waals surface area contributed by atoms with Gasteiger partial charge < -0.3 is 0 Å². The summed E-state index contributed by atoms with van der Waals surface area (Å²) in [5.41, 5.74) is 0.814. The van der Waals surface area contributed by atoms with Crippen LogP contribution in [0.3, 0.4) is 0 Å². The van der Waals surface area contributed by atoms with Crippen molar-refractivity contribution in [1.29, 1.82) is 0 Å². The number of rotatable bonds is 4. The fraction of sp³-hybridized carbons (Fsp3) is 0.750. The standard InChI is InChI=1S/C8H13BrF2/c1-3-5-7(4-2)6-8(9,10)11/h6H,3-5H2,1-2H3. The lowest BCUT2D eigenvalue weighted by Gasteiger charge is -2.06. The Morgan fingerprint density at radius 1 is 1.45 bits per heavy atom. The van der Waals surface area contributed by atoms with Crippen LogP contribution in [0.15, 0.2) is 11.6 Å². The lowest BCUT2D eigenvalue weighted by atomic mass is 10.1. The third-order valence-electron chi connectivity index (χ3n) is 1.39. The number of allylic oxidation sites excluding steroid dienone is 2. The molecule has 0 aliphatic rings. The number of hydrogen-bond donors (Lipinski definition) is 0. The molecule has 0 amide bonds. The van der Waals surface area contributed by atoms with Crippen molar-refractivity contribution in [3.8, 4) is 0 Å². The molecule has 0 bridgehead atoms. The van der Waals surface area contributed by atoms with Gasteiger partial charge in [-0.3, -0.25) is 0 Å². The van der Waals surface area contributed by atoms with E-state index in [1.807, 2.05) is 13.8 Å². The first-order valence-corrected chi connectivity index (χ1v) is 4.56. The maximum absolute atomic E-state index is 12.3. The second-order valence-electron chi connectivity index (χ2n) is 2.45. The van der Waals surface area contributed by atoms with E-state index in [1.54, 1.807) is 0 Å². The maximum atomic E-state index is 12.3. The van der Waals surface area contributed by atoms with Crippen LogP contribution in [-0.2, 0) is 0 Å². The Bertz CT molecular complexity index is 136. The van der Waals surface area contributed by atoms with Crippen molar-refractivity contribution in [2.24, 2.45) is 0 Å². The van der Waals surface area contributed by atoms with Gasteiger partial charge in [-0.1, -0.05) is 25.8 Å². The quantitative estimate of drug-likeness (QED) is 0.500. The summed E-state index contributed by atoms with van der Waals surface area (Å²) < 4.78 is 24.6. The minimum absolute atomic E-state index is 0.703. The number of hydrogen-bond acceptors (Lipinski definition) is 0. The third kappa shape index (κ3) is 6.48. The molecule has 0 aliphatic carbocycles. The number of halogens is 3. The monoisotopic (exact) mass is 226 g/mol. The highest BCUT2D eigenvalue weighted by atomic mass is 79.9. The average molecular weight is 227 g/mol. The van der Waals surface area contributed by atoms with Crippen LogP contribution < -0.4 is 0 Å². The average Bonchev–Trinajstić information content (AvgIpc) is 1.84. The molecule has 0 rings (SSSR count). The van der Waals surface area contributed by atoms with Gasteiger partial charge in [-0.15, -0.1) is 0 Å². The normalized spacial score (nSPS) is 13.7. The zero-order valence-electron chi connectivity index (χ0n) is 6.83. The SMILES string of the molecule is CCCC(=CC(F)(F)Br)CC. The molecule has 0 aromatic heterocycles. The second-order valence-corrected chi connectivity index (χ2v) is 3.51. The van der Waals surface area contributed by atoms with E-state index in [9.17, 15) is 8.78 Å². The van der Waals surface area contributed by atoms with Gasteiger partial charge in [0.15, 0.2) is 0 Å². The summed E-state index contributed by atoms with van der Waals surface area (Å²) in [7, 11) is 0. The van der Waals surface area contributed by atoms with E-state index in [4.69, 9.17) is 0 Å². The Labute approximate surface area is 74.8 Å². The molecular weight excluding hydrogens is 214 g/mol. The first kappa shape index (κ1) is 11.1. The molecule has 0 heterocycles. The van der Waals surface area contributed by atoms with Crippen LogP contribution in [0.4, 0.5) is 8.78 Å². The van der Waals surface area contributed by atoms with E-state index in [0.29, 0.717) is 6.42 Å². The molecule has 0 spiro atoms. The second kappa shape index (κ2) is 4.86. The molecule has 0 saturated carbocycles. The molecule has 0 aromatic rings. The van der Waals surface area contributed by atoms with Gasteiger partial charge in [0.1, 0.15) is 0 Å². The van der Waals surface area contributed by atoms with E-state index in [1.165, 1.54) is 0 Å². The van der Waals surface area contributed by atoms with Crippen molar-refractivity contribution in [1.82, 2.24) is 0 Å². The minimum atomic E-state index is -2.83. The van der Waals surface area contributed by atoms with Crippen LogP contribution in [0.25, 0.3) is 0 Å². The van der Waals surface area contributed by atoms with E-state index >= 15 is 0 Å². The van der Waals surface area contributed by atoms with Gasteiger partial charge in [0.25, 0.3) is 0 Å². The molecule has 11 heavy (non-hydrogen) atoms. The Balaban J connectivity index is 4.11. The van der Waals surface area contributed by atoms with Crippen LogP contribution >= 0.6 is 15.9 Å². The molecular formula is C8H13BrF2. The van der Waals surface area contributed by atoms with Gasteiger partial charge in [0.2, 0.25) is 0 Å². The smallest absolute Gasteiger partial charge is 0.189 e. The van der Waals surface area contributed by atoms with Gasteiger partial charge in [0.05, 0.1) is 0 Å². The van der Waals surface area contributed by atoms with Gasteiger partial charge >= 0.3 is 4.83 Å². The Morgan fingerprint density at radius 2 is 2.00 bits per heavy atom. The summed E-state index contributed by atoms with van der Waals surface area (Å²) in [6.45, 7) is 3.87. The highest BCUT2D eigenvalue weighted by Gasteiger charge is 2.19. The first-order valence-electron chi connectivity index (χ1n) is 3.77. The van der Waals surface area contributed by atoms with Crippen LogP contribution in [0, 0.1) is 0 Å². The summed E-state index contributed by atoms with van der Waals surface area (Å²) in [4.78, 5) is -2.83. The van der Waals surface area contributed by atoms with Gasteiger partial charge in [-0.05, 0) is 34.8 Å². The van der Waals surface area contributed by atoms with Crippen LogP contribution in [-0.4, -0.2) is 4.83 Å². The fourth-order valence-electron chi connectivity index (χ4n) is 0.904. The molecule has 3 heteroatoms. The zero-order chi connectivity index (χ0) is 8.91. The van der Waals surface area contributed by atoms with E-state index in [-0.39, 0.29) is 0 Å². The molecule has 0 fully saturated rings. The molecule has 0 unspecified atom stereocenters. The molecule has 0 saturated heterocycles. The molecule has 0 atom stereocenters. The van der Waals surface area contributed by atoms with Crippen LogP contribution in [0.1, 0.15) is 33.1 Å². The first-order chi connectivity index (χ1) is 4.99. The number of alkyl halides is 3. The molecule has 66 valence electrons. The van der Waals surface area contributed by atoms with Gasteiger partial charge in [-0.2, -0.15) is 8.78 Å². The third-order valence-corrected chi connectivity index (χ3v) is 1.62. The lowest BCUT2D eigenvalue weighted by Crippen LogP contribution is -2.00. The zero-order valence-corrected chi connectivity index (χ0v) is 8.42. The summed E-state index contributed by atoms with van der Waals surface area (Å²) >= 11 is 2.28. The highest BCUT2D eigenvalue weighted by molar-refractivity contribution is 9.10. The van der Waals surface area contributed by atoms with E-state index in [2.05, 4.69) is 15.9 Å². The van der Waals surface area contributed by atoms with E-state index < -0.39 is 4.83 Å². The molecule has 0 nitrogen and oxygen atoms in total. The maximum Gasteiger partial charge on any atom is 0.320 e. The van der Waals surface area contributed by atoms with E-state index in [0.717, 1.165) is 24.5 Å². The fourth-order valence-corrected chi connectivity index (χ4v) is 1.23. The lowest BCUT2D eigenvalue weighted by molar-refractivity contribution is 0.170. The van der Waals surface area contributed by atoms with Gasteiger partial charge in [-0.25, -0.2) is 0 Å². The van der Waals surface area contributed by atoms with Crippen molar-refractivity contribution in [2.45, 2.75) is 37.9 Å². The minimum Gasteiger partial charge on any atom is -0.189 e. The summed E-state index contributed by atoms with van der Waals surface area (Å²) in [6, 6.07) is 0. The van der Waals surface area contributed by atoms with Crippen molar-refractivity contribution in [3.63, 3.8) is 0 Å². The summed E-state index contributed by atoms with van der Waals surface area (Å²) in [5, 5.41) is 0. The Kier molecular flexibility index (Phi) is 4.89. The highest BCUT2D eigenvalue weighted by Crippen LogP contribution is 2.26. The van der Waals surface area contributed by atoms with Crippen LogP contribution in [0.5, 0.6) is 0 Å². The van der Waals surface area contributed by atoms with Crippen molar-refractivity contribution in [2.75, 3.05) is 0 Å². The van der Waals surface area contributed by atoms with Crippen molar-refractivity contribution < 1.29 is 8.78 Å². The molecule has 0 radical (unpaired) electrons. The predicted molar refractivity (Wildman–Crippen MR) is 47.2 cm³/mol. The van der Waals surface area contributed by atoms with Crippen molar-refractivity contribution in [3.05, 3.63) is 11.6 Å². The van der Waals surface area contributed by atoms with Crippen LogP contribution in [0.2, 0.25) is 0 Å². The Morgan fingerprint density at radius 3 is 2.27 bits per heavy atom. The molecule has 0 N–H and O–H groups in total. The Hall–Kier alpha value is 0.0800. The summed E-state index contributed by atoms with van der Waals surface area (Å²) in [5.74, 6) is 0. The predicted octanol–water partition coefficient (Wildman–Crippen LogP) is 4.11. The topological polar surface area (TPSA) is 0 Å². The summed E-state index contributed by atoms with van der Waals surface area (Å²) in [6.07, 6.45) is 3.38. The molecule has 0 aliphatic heterocycles. The largest absolute Gasteiger partial charge is 0.320 e. The molecule has 0 aromatic carbocycles. The van der Waals surface area contributed by atoms with Crippen molar-refractivity contribution >= 4 is 15.9 Å². The van der Waals surface area contributed by atoms with Gasteiger partial charge in [0, 0.05) is 0 Å².